The highest BCUT2D eigenvalue weighted by molar-refractivity contribution is 5.75. The maximum atomic E-state index is 12.0. The Kier molecular flexibility index (Phi) is 3.39. The van der Waals surface area contributed by atoms with Crippen LogP contribution in [0.2, 0.25) is 0 Å². The van der Waals surface area contributed by atoms with E-state index in [0.717, 1.165) is 6.42 Å². The van der Waals surface area contributed by atoms with E-state index in [1.54, 1.807) is 0 Å². The fourth-order valence-corrected chi connectivity index (χ4v) is 2.62. The zero-order valence-electron chi connectivity index (χ0n) is 11.3. The van der Waals surface area contributed by atoms with E-state index in [-0.39, 0.29) is 23.3 Å². The van der Waals surface area contributed by atoms with Crippen LogP contribution in [0, 0.1) is 17.3 Å². The highest BCUT2D eigenvalue weighted by atomic mass is 16.6. The summed E-state index contributed by atoms with van der Waals surface area (Å²) in [7, 11) is 0. The van der Waals surface area contributed by atoms with Crippen LogP contribution in [0.3, 0.4) is 0 Å². The molecule has 0 radical (unpaired) electrons. The Hall–Kier alpha value is -0.570. The molecule has 1 saturated carbocycles. The predicted molar refractivity (Wildman–Crippen MR) is 64.9 cm³/mol. The van der Waals surface area contributed by atoms with Crippen LogP contribution in [0.25, 0.3) is 0 Å². The molecule has 1 fully saturated rings. The number of rotatable bonds is 2. The number of hydrogen-bond acceptors (Lipinski definition) is 3. The maximum absolute atomic E-state index is 12.0. The van der Waals surface area contributed by atoms with E-state index >= 15 is 0 Å². The third kappa shape index (κ3) is 2.57. The van der Waals surface area contributed by atoms with E-state index in [1.165, 1.54) is 0 Å². The molecule has 0 aromatic carbocycles. The van der Waals surface area contributed by atoms with Crippen molar-refractivity contribution in [1.82, 2.24) is 0 Å². The fraction of sp³-hybridized carbons (Fsp3) is 0.923. The molecule has 0 saturated heterocycles. The van der Waals surface area contributed by atoms with Crippen LogP contribution in [0.4, 0.5) is 0 Å². The van der Waals surface area contributed by atoms with Gasteiger partial charge in [-0.2, -0.15) is 0 Å². The van der Waals surface area contributed by atoms with Crippen LogP contribution in [0.15, 0.2) is 0 Å². The Morgan fingerprint density at radius 1 is 1.44 bits per heavy atom. The summed E-state index contributed by atoms with van der Waals surface area (Å²) in [4.78, 5) is 12.0. The van der Waals surface area contributed by atoms with E-state index in [2.05, 4.69) is 13.8 Å². The van der Waals surface area contributed by atoms with Gasteiger partial charge < -0.3 is 10.5 Å². The van der Waals surface area contributed by atoms with E-state index in [4.69, 9.17) is 10.5 Å². The van der Waals surface area contributed by atoms with E-state index in [9.17, 15) is 4.79 Å². The molecule has 0 amide bonds. The fourth-order valence-electron chi connectivity index (χ4n) is 2.62. The second-order valence-electron chi connectivity index (χ2n) is 6.61. The normalized spacial score (nSPS) is 30.4. The molecular formula is C13H25NO2. The topological polar surface area (TPSA) is 52.3 Å². The first-order chi connectivity index (χ1) is 7.05. The second-order valence-corrected chi connectivity index (χ2v) is 6.61. The van der Waals surface area contributed by atoms with Crippen LogP contribution in [-0.4, -0.2) is 17.6 Å². The quantitative estimate of drug-likeness (QED) is 0.737. The Labute approximate surface area is 98.7 Å². The molecule has 2 N–H and O–H groups in total. The minimum atomic E-state index is -0.396. The lowest BCUT2D eigenvalue weighted by Crippen LogP contribution is -2.56. The van der Waals surface area contributed by atoms with E-state index < -0.39 is 5.60 Å². The number of carbonyl (C=O) groups is 1. The van der Waals surface area contributed by atoms with Gasteiger partial charge in [-0.1, -0.05) is 13.8 Å². The van der Waals surface area contributed by atoms with E-state index in [0.29, 0.717) is 5.92 Å². The van der Waals surface area contributed by atoms with Gasteiger partial charge >= 0.3 is 5.97 Å². The lowest BCUT2D eigenvalue weighted by atomic mass is 9.53. The molecule has 0 aromatic heterocycles. The second kappa shape index (κ2) is 4.02. The molecule has 0 aromatic rings. The maximum Gasteiger partial charge on any atom is 0.310 e. The summed E-state index contributed by atoms with van der Waals surface area (Å²) in [5, 5.41) is 0. The minimum Gasteiger partial charge on any atom is -0.460 e. The smallest absolute Gasteiger partial charge is 0.310 e. The highest BCUT2D eigenvalue weighted by Crippen LogP contribution is 2.53. The molecule has 1 unspecified atom stereocenters. The van der Waals surface area contributed by atoms with Gasteiger partial charge in [-0.3, -0.25) is 4.79 Å². The molecule has 0 heterocycles. The first-order valence-corrected chi connectivity index (χ1v) is 6.04. The molecule has 16 heavy (non-hydrogen) atoms. The SMILES string of the molecule is CC(N)[C@H]1C[C@@H](C(=O)OC(C)(C)C)C1(C)C. The molecule has 0 aliphatic heterocycles. The zero-order valence-corrected chi connectivity index (χ0v) is 11.3. The first-order valence-electron chi connectivity index (χ1n) is 6.04. The van der Waals surface area contributed by atoms with Crippen molar-refractivity contribution in [1.29, 1.82) is 0 Å². The summed E-state index contributed by atoms with van der Waals surface area (Å²) in [6.45, 7) is 11.9. The summed E-state index contributed by atoms with van der Waals surface area (Å²) in [6.07, 6.45) is 0.861. The van der Waals surface area contributed by atoms with Gasteiger partial charge in [0, 0.05) is 6.04 Å². The molecule has 1 aliphatic rings. The molecule has 3 atom stereocenters. The van der Waals surface area contributed by atoms with Gasteiger partial charge in [-0.15, -0.1) is 0 Å². The van der Waals surface area contributed by atoms with Gasteiger partial charge in [0.25, 0.3) is 0 Å². The number of hydrogen-bond donors (Lipinski definition) is 1. The van der Waals surface area contributed by atoms with Crippen molar-refractivity contribution in [3.8, 4) is 0 Å². The van der Waals surface area contributed by atoms with Crippen molar-refractivity contribution in [2.45, 2.75) is 59.6 Å². The van der Waals surface area contributed by atoms with Crippen LogP contribution in [-0.2, 0) is 9.53 Å². The lowest BCUT2D eigenvalue weighted by molar-refractivity contribution is -0.177. The van der Waals surface area contributed by atoms with Crippen molar-refractivity contribution in [2.24, 2.45) is 23.0 Å². The van der Waals surface area contributed by atoms with Gasteiger partial charge in [-0.25, -0.2) is 0 Å². The molecule has 3 heteroatoms. The van der Waals surface area contributed by atoms with Gasteiger partial charge in [-0.05, 0) is 45.4 Å². The first kappa shape index (κ1) is 13.5. The third-order valence-electron chi connectivity index (χ3n) is 3.67. The summed E-state index contributed by atoms with van der Waals surface area (Å²) in [6, 6.07) is 0.147. The molecule has 1 rings (SSSR count). The lowest BCUT2D eigenvalue weighted by Gasteiger charge is -2.52. The Balaban J connectivity index is 2.63. The van der Waals surface area contributed by atoms with Crippen molar-refractivity contribution < 1.29 is 9.53 Å². The average Bonchev–Trinajstić information content (AvgIpc) is 1.97. The van der Waals surface area contributed by atoms with Crippen LogP contribution >= 0.6 is 0 Å². The standard InChI is InChI=1S/C13H25NO2/c1-8(14)9-7-10(13(9,5)6)11(15)16-12(2,3)4/h8-10H,7,14H2,1-6H3/t8?,9-,10+/m1/s1. The highest BCUT2D eigenvalue weighted by Gasteiger charge is 2.54. The number of carbonyl (C=O) groups excluding carboxylic acids is 1. The minimum absolute atomic E-state index is 0.00252. The molecule has 94 valence electrons. The summed E-state index contributed by atoms with van der Waals surface area (Å²) < 4.78 is 5.43. The van der Waals surface area contributed by atoms with Crippen LogP contribution in [0.1, 0.15) is 48.0 Å². The molecular weight excluding hydrogens is 202 g/mol. The predicted octanol–water partition coefficient (Wildman–Crippen LogP) is 2.34. The summed E-state index contributed by atoms with van der Waals surface area (Å²) in [5.74, 6) is 0.349. The number of nitrogens with two attached hydrogens (primary N) is 1. The molecule has 0 bridgehead atoms. The third-order valence-corrected chi connectivity index (χ3v) is 3.67. The largest absolute Gasteiger partial charge is 0.460 e. The number of esters is 1. The van der Waals surface area contributed by atoms with Crippen molar-refractivity contribution in [3.05, 3.63) is 0 Å². The molecule has 0 spiro atoms. The van der Waals surface area contributed by atoms with Crippen LogP contribution < -0.4 is 5.73 Å². The molecule has 3 nitrogen and oxygen atoms in total. The van der Waals surface area contributed by atoms with E-state index in [1.807, 2.05) is 27.7 Å². The van der Waals surface area contributed by atoms with Gasteiger partial charge in [0.2, 0.25) is 0 Å². The monoisotopic (exact) mass is 227 g/mol. The van der Waals surface area contributed by atoms with Gasteiger partial charge in [0.1, 0.15) is 5.60 Å². The van der Waals surface area contributed by atoms with Gasteiger partial charge in [0.15, 0.2) is 0 Å². The van der Waals surface area contributed by atoms with Crippen molar-refractivity contribution >= 4 is 5.97 Å². The zero-order chi connectivity index (χ0) is 12.7. The Bertz CT molecular complexity index is 276. The number of ether oxygens (including phenoxy) is 1. The van der Waals surface area contributed by atoms with Crippen LogP contribution in [0.5, 0.6) is 0 Å². The van der Waals surface area contributed by atoms with Gasteiger partial charge in [0.05, 0.1) is 5.92 Å². The Morgan fingerprint density at radius 2 is 1.94 bits per heavy atom. The van der Waals surface area contributed by atoms with Crippen molar-refractivity contribution in [2.75, 3.05) is 0 Å². The van der Waals surface area contributed by atoms with Crippen molar-refractivity contribution in [3.63, 3.8) is 0 Å². The summed E-state index contributed by atoms with van der Waals surface area (Å²) in [5.41, 5.74) is 5.48. The summed E-state index contributed by atoms with van der Waals surface area (Å²) >= 11 is 0. The average molecular weight is 227 g/mol. The molecule has 1 aliphatic carbocycles. The Morgan fingerprint density at radius 3 is 2.25 bits per heavy atom.